The van der Waals surface area contributed by atoms with Crippen LogP contribution in [-0.2, 0) is 4.79 Å². The summed E-state index contributed by atoms with van der Waals surface area (Å²) in [7, 11) is 0. The minimum absolute atomic E-state index is 0.104. The van der Waals surface area contributed by atoms with Gasteiger partial charge in [-0.1, -0.05) is 18.2 Å². The van der Waals surface area contributed by atoms with Crippen LogP contribution in [0.4, 0.5) is 0 Å². The number of aldehydes is 1. The molecule has 0 aliphatic carbocycles. The van der Waals surface area contributed by atoms with Gasteiger partial charge in [-0.15, -0.1) is 0 Å². The number of halogens is 1. The number of hydrogen-bond acceptors (Lipinski definition) is 3. The van der Waals surface area contributed by atoms with Crippen LogP contribution in [0.25, 0.3) is 0 Å². The van der Waals surface area contributed by atoms with E-state index in [4.69, 9.17) is 11.6 Å². The normalized spacial score (nSPS) is 11.0. The fourth-order valence-electron chi connectivity index (χ4n) is 1.05. The number of amides is 1. The first kappa shape index (κ1) is 12.3. The van der Waals surface area contributed by atoms with Gasteiger partial charge in [-0.25, -0.2) is 4.99 Å². The Morgan fingerprint density at radius 2 is 1.94 bits per heavy atom. The first-order chi connectivity index (χ1) is 7.56. The summed E-state index contributed by atoms with van der Waals surface area (Å²) in [5.41, 5.74) is 0.271. The van der Waals surface area contributed by atoms with Gasteiger partial charge in [0, 0.05) is 5.56 Å². The molecule has 4 nitrogen and oxygen atoms in total. The SMILES string of the molecule is CC(=NC(=O)c1ccccc1C=O)C(=O)Cl. The first-order valence-corrected chi connectivity index (χ1v) is 4.77. The highest BCUT2D eigenvalue weighted by molar-refractivity contribution is 6.82. The summed E-state index contributed by atoms with van der Waals surface area (Å²) in [6, 6.07) is 6.19. The monoisotopic (exact) mass is 237 g/mol. The maximum absolute atomic E-state index is 11.6. The van der Waals surface area contributed by atoms with Crippen LogP contribution in [0.1, 0.15) is 27.6 Å². The maximum Gasteiger partial charge on any atom is 0.278 e. The van der Waals surface area contributed by atoms with E-state index in [-0.39, 0.29) is 16.8 Å². The van der Waals surface area contributed by atoms with E-state index in [2.05, 4.69) is 4.99 Å². The smallest absolute Gasteiger partial charge is 0.278 e. The summed E-state index contributed by atoms with van der Waals surface area (Å²) in [6.45, 7) is 1.33. The number of benzene rings is 1. The number of hydrogen-bond donors (Lipinski definition) is 0. The van der Waals surface area contributed by atoms with Gasteiger partial charge in [-0.3, -0.25) is 14.4 Å². The van der Waals surface area contributed by atoms with Crippen LogP contribution in [0, 0.1) is 0 Å². The van der Waals surface area contributed by atoms with Crippen molar-refractivity contribution in [3.63, 3.8) is 0 Å². The Morgan fingerprint density at radius 1 is 1.31 bits per heavy atom. The summed E-state index contributed by atoms with van der Waals surface area (Å²) < 4.78 is 0. The van der Waals surface area contributed by atoms with E-state index in [0.717, 1.165) is 0 Å². The lowest BCUT2D eigenvalue weighted by molar-refractivity contribution is -0.106. The van der Waals surface area contributed by atoms with Gasteiger partial charge in [0.1, 0.15) is 5.71 Å². The summed E-state index contributed by atoms with van der Waals surface area (Å²) >= 11 is 5.14. The van der Waals surface area contributed by atoms with E-state index < -0.39 is 11.1 Å². The molecule has 0 heterocycles. The minimum Gasteiger partial charge on any atom is -0.298 e. The Hall–Kier alpha value is -1.81. The van der Waals surface area contributed by atoms with Crippen molar-refractivity contribution in [3.8, 4) is 0 Å². The molecule has 1 rings (SSSR count). The van der Waals surface area contributed by atoms with E-state index in [9.17, 15) is 14.4 Å². The number of carbonyl (C=O) groups excluding carboxylic acids is 3. The molecule has 0 fully saturated rings. The second-order valence-electron chi connectivity index (χ2n) is 2.98. The van der Waals surface area contributed by atoms with Crippen molar-refractivity contribution in [2.75, 3.05) is 0 Å². The molecular weight excluding hydrogens is 230 g/mol. The molecule has 0 aliphatic rings. The summed E-state index contributed by atoms with van der Waals surface area (Å²) in [5, 5.41) is -0.795. The lowest BCUT2D eigenvalue weighted by Gasteiger charge is -1.99. The van der Waals surface area contributed by atoms with Crippen LogP contribution < -0.4 is 0 Å². The van der Waals surface area contributed by atoms with Gasteiger partial charge in [0.15, 0.2) is 6.29 Å². The third-order valence-corrected chi connectivity index (χ3v) is 2.15. The van der Waals surface area contributed by atoms with E-state index in [1.165, 1.54) is 19.1 Å². The summed E-state index contributed by atoms with van der Waals surface area (Å²) in [6.07, 6.45) is 0.556. The molecule has 0 unspecified atom stereocenters. The van der Waals surface area contributed by atoms with Crippen LogP contribution >= 0.6 is 11.6 Å². The summed E-state index contributed by atoms with van der Waals surface area (Å²) in [5.74, 6) is -0.658. The lowest BCUT2D eigenvalue weighted by Crippen LogP contribution is -2.08. The van der Waals surface area contributed by atoms with E-state index in [1.54, 1.807) is 12.1 Å². The minimum atomic E-state index is -0.795. The molecule has 0 saturated heterocycles. The fourth-order valence-corrected chi connectivity index (χ4v) is 1.09. The fraction of sp³-hybridized carbons (Fsp3) is 0.0909. The standard InChI is InChI=1S/C11H8ClNO3/c1-7(10(12)15)13-11(16)9-5-3-2-4-8(9)6-14/h2-6H,1H3. The number of rotatable bonds is 3. The highest BCUT2D eigenvalue weighted by Gasteiger charge is 2.11. The quantitative estimate of drug-likeness (QED) is 0.458. The topological polar surface area (TPSA) is 63.6 Å². The molecule has 0 spiro atoms. The van der Waals surface area contributed by atoms with Crippen molar-refractivity contribution >= 4 is 34.7 Å². The maximum atomic E-state index is 11.6. The van der Waals surface area contributed by atoms with Crippen molar-refractivity contribution in [2.45, 2.75) is 6.92 Å². The van der Waals surface area contributed by atoms with Gasteiger partial charge < -0.3 is 0 Å². The number of nitrogens with zero attached hydrogens (tertiary/aromatic N) is 1. The third-order valence-electron chi connectivity index (χ3n) is 1.87. The predicted molar refractivity (Wildman–Crippen MR) is 60.1 cm³/mol. The second kappa shape index (κ2) is 5.32. The van der Waals surface area contributed by atoms with Crippen LogP contribution in [0.15, 0.2) is 29.3 Å². The highest BCUT2D eigenvalue weighted by Crippen LogP contribution is 2.08. The van der Waals surface area contributed by atoms with Gasteiger partial charge in [0.25, 0.3) is 11.1 Å². The average Bonchev–Trinajstić information content (AvgIpc) is 2.28. The zero-order chi connectivity index (χ0) is 12.1. The molecule has 1 amide bonds. The van der Waals surface area contributed by atoms with Gasteiger partial charge >= 0.3 is 0 Å². The van der Waals surface area contributed by atoms with Crippen LogP contribution in [0.5, 0.6) is 0 Å². The van der Waals surface area contributed by atoms with Crippen molar-refractivity contribution in [1.29, 1.82) is 0 Å². The summed E-state index contributed by atoms with van der Waals surface area (Å²) in [4.78, 5) is 36.4. The van der Waals surface area contributed by atoms with Crippen molar-refractivity contribution in [2.24, 2.45) is 4.99 Å². The molecule has 0 atom stereocenters. The third kappa shape index (κ3) is 2.84. The first-order valence-electron chi connectivity index (χ1n) is 4.40. The van der Waals surface area contributed by atoms with Gasteiger partial charge in [0.05, 0.1) is 5.56 Å². The zero-order valence-corrected chi connectivity index (χ0v) is 9.19. The number of aliphatic imine (C=N–C) groups is 1. The molecule has 1 aromatic carbocycles. The van der Waals surface area contributed by atoms with Crippen molar-refractivity contribution in [3.05, 3.63) is 35.4 Å². The van der Waals surface area contributed by atoms with Crippen LogP contribution in [0.3, 0.4) is 0 Å². The molecule has 0 radical (unpaired) electrons. The van der Waals surface area contributed by atoms with Crippen LogP contribution in [-0.4, -0.2) is 23.1 Å². The molecule has 0 saturated carbocycles. The molecule has 82 valence electrons. The second-order valence-corrected chi connectivity index (χ2v) is 3.32. The molecule has 5 heteroatoms. The Labute approximate surface area is 96.9 Å². The van der Waals surface area contributed by atoms with Crippen LogP contribution in [0.2, 0.25) is 0 Å². The Bertz CT molecular complexity index is 480. The molecule has 0 N–H and O–H groups in total. The van der Waals surface area contributed by atoms with Gasteiger partial charge in [0.2, 0.25) is 0 Å². The van der Waals surface area contributed by atoms with Crippen molar-refractivity contribution < 1.29 is 14.4 Å². The van der Waals surface area contributed by atoms with Gasteiger partial charge in [-0.2, -0.15) is 0 Å². The van der Waals surface area contributed by atoms with Crippen molar-refractivity contribution in [1.82, 2.24) is 0 Å². The molecule has 1 aromatic rings. The van der Waals surface area contributed by atoms with E-state index in [0.29, 0.717) is 6.29 Å². The predicted octanol–water partition coefficient (Wildman–Crippen LogP) is 1.87. The average molecular weight is 238 g/mol. The molecule has 0 aromatic heterocycles. The Morgan fingerprint density at radius 3 is 2.50 bits per heavy atom. The molecule has 0 aliphatic heterocycles. The van der Waals surface area contributed by atoms with E-state index in [1.807, 2.05) is 0 Å². The Balaban J connectivity index is 3.11. The molecule has 16 heavy (non-hydrogen) atoms. The lowest BCUT2D eigenvalue weighted by atomic mass is 10.1. The number of carbonyl (C=O) groups is 3. The van der Waals surface area contributed by atoms with Gasteiger partial charge in [-0.05, 0) is 24.6 Å². The van der Waals surface area contributed by atoms with E-state index >= 15 is 0 Å². The molecule has 0 bridgehead atoms. The highest BCUT2D eigenvalue weighted by atomic mass is 35.5. The molecular formula is C11H8ClNO3. The Kier molecular flexibility index (Phi) is 4.08. The zero-order valence-electron chi connectivity index (χ0n) is 8.44. The largest absolute Gasteiger partial charge is 0.298 e.